The van der Waals surface area contributed by atoms with Crippen LogP contribution in [0.3, 0.4) is 0 Å². The van der Waals surface area contributed by atoms with Gasteiger partial charge >= 0.3 is 5.91 Å². The van der Waals surface area contributed by atoms with Crippen molar-refractivity contribution in [3.63, 3.8) is 0 Å². The Kier molecular flexibility index (Phi) is 5.82. The van der Waals surface area contributed by atoms with Crippen LogP contribution < -0.4 is 4.90 Å². The summed E-state index contributed by atoms with van der Waals surface area (Å²) < 4.78 is 1.04. The molecule has 0 bridgehead atoms. The van der Waals surface area contributed by atoms with Gasteiger partial charge in [-0.25, -0.2) is 0 Å². The molecule has 0 N–H and O–H groups in total. The van der Waals surface area contributed by atoms with Crippen LogP contribution in [0.4, 0.5) is 5.69 Å². The van der Waals surface area contributed by atoms with Gasteiger partial charge in [0.2, 0.25) is 0 Å². The highest BCUT2D eigenvalue weighted by Gasteiger charge is 2.16. The maximum absolute atomic E-state index is 12.4. The number of benzene rings is 2. The van der Waals surface area contributed by atoms with Crippen LogP contribution in [0.15, 0.2) is 54.6 Å². The van der Waals surface area contributed by atoms with Gasteiger partial charge in [0, 0.05) is 9.99 Å². The van der Waals surface area contributed by atoms with Gasteiger partial charge in [-0.05, 0) is 46.2 Å². The van der Waals surface area contributed by atoms with Gasteiger partial charge in [-0.15, -0.1) is 0 Å². The maximum Gasteiger partial charge on any atom is 0.303 e. The fourth-order valence-corrected chi connectivity index (χ4v) is 2.61. The van der Waals surface area contributed by atoms with Crippen molar-refractivity contribution in [1.82, 2.24) is 0 Å². The second-order valence-electron chi connectivity index (χ2n) is 4.48. The zero-order valence-corrected chi connectivity index (χ0v) is 14.0. The number of carbonyl (C=O) groups is 1. The van der Waals surface area contributed by atoms with Crippen LogP contribution in [-0.2, 0) is 11.3 Å². The van der Waals surface area contributed by atoms with Gasteiger partial charge in [-0.1, -0.05) is 55.3 Å². The standard InChI is InChI=1S/C18H16INO/c1-2-3-13-18(21)20(14-15-9-5-4-6-10-15)17-12-8-7-11-16(17)19/h4-12H,2,14H2,1H3. The lowest BCUT2D eigenvalue weighted by molar-refractivity contribution is -0.113. The van der Waals surface area contributed by atoms with E-state index >= 15 is 0 Å². The Morgan fingerprint density at radius 1 is 1.10 bits per heavy atom. The van der Waals surface area contributed by atoms with Crippen molar-refractivity contribution in [1.29, 1.82) is 0 Å². The molecule has 0 aromatic heterocycles. The Balaban J connectivity index is 2.35. The highest BCUT2D eigenvalue weighted by molar-refractivity contribution is 14.1. The van der Waals surface area contributed by atoms with Crippen molar-refractivity contribution in [3.05, 3.63) is 63.7 Å². The number of hydrogen-bond acceptors (Lipinski definition) is 1. The first kappa shape index (κ1) is 15.6. The van der Waals surface area contributed by atoms with Gasteiger partial charge < -0.3 is 0 Å². The summed E-state index contributed by atoms with van der Waals surface area (Å²) >= 11 is 2.25. The van der Waals surface area contributed by atoms with E-state index in [0.29, 0.717) is 13.0 Å². The summed E-state index contributed by atoms with van der Waals surface area (Å²) in [6.07, 6.45) is 0.677. The predicted molar refractivity (Wildman–Crippen MR) is 94.9 cm³/mol. The first-order valence-corrected chi connectivity index (χ1v) is 7.89. The zero-order valence-electron chi connectivity index (χ0n) is 11.8. The van der Waals surface area contributed by atoms with Gasteiger partial charge in [0.25, 0.3) is 0 Å². The number of carbonyl (C=O) groups excluding carboxylic acids is 1. The summed E-state index contributed by atoms with van der Waals surface area (Å²) in [5.41, 5.74) is 1.99. The molecule has 0 atom stereocenters. The van der Waals surface area contributed by atoms with Gasteiger partial charge in [-0.2, -0.15) is 0 Å². The quantitative estimate of drug-likeness (QED) is 0.568. The molecule has 0 aliphatic carbocycles. The second kappa shape index (κ2) is 7.84. The number of hydrogen-bond donors (Lipinski definition) is 0. The van der Waals surface area contributed by atoms with E-state index < -0.39 is 0 Å². The van der Waals surface area contributed by atoms with Crippen LogP contribution in [0.25, 0.3) is 0 Å². The van der Waals surface area contributed by atoms with E-state index in [4.69, 9.17) is 0 Å². The van der Waals surface area contributed by atoms with Gasteiger partial charge in [0.05, 0.1) is 12.2 Å². The van der Waals surface area contributed by atoms with Gasteiger partial charge in [-0.3, -0.25) is 9.69 Å². The van der Waals surface area contributed by atoms with E-state index in [1.165, 1.54) is 0 Å². The molecule has 0 aliphatic heterocycles. The lowest BCUT2D eigenvalue weighted by Crippen LogP contribution is -2.29. The normalized spacial score (nSPS) is 9.62. The van der Waals surface area contributed by atoms with Crippen LogP contribution >= 0.6 is 22.6 Å². The number of halogens is 1. The molecule has 0 aliphatic rings. The summed E-state index contributed by atoms with van der Waals surface area (Å²) in [7, 11) is 0. The first-order valence-electron chi connectivity index (χ1n) is 6.81. The van der Waals surface area contributed by atoms with E-state index in [0.717, 1.165) is 14.8 Å². The Morgan fingerprint density at radius 3 is 2.43 bits per heavy atom. The molecule has 106 valence electrons. The third-order valence-electron chi connectivity index (χ3n) is 2.94. The molecule has 2 aromatic carbocycles. The molecule has 1 amide bonds. The fraction of sp³-hybridized carbons (Fsp3) is 0.167. The van der Waals surface area contributed by atoms with E-state index in [1.54, 1.807) is 4.90 Å². The molecular formula is C18H16INO. The minimum absolute atomic E-state index is 0.162. The number of rotatable bonds is 3. The lowest BCUT2D eigenvalue weighted by atomic mass is 10.2. The number of anilines is 1. The molecule has 0 heterocycles. The summed E-state index contributed by atoms with van der Waals surface area (Å²) in [6.45, 7) is 2.46. The van der Waals surface area contributed by atoms with Crippen molar-refractivity contribution in [2.24, 2.45) is 0 Å². The Morgan fingerprint density at radius 2 is 1.76 bits per heavy atom. The molecule has 0 unspecified atom stereocenters. The smallest absolute Gasteiger partial charge is 0.296 e. The Bertz CT molecular complexity index is 670. The second-order valence-corrected chi connectivity index (χ2v) is 5.65. The largest absolute Gasteiger partial charge is 0.303 e. The maximum atomic E-state index is 12.4. The van der Waals surface area contributed by atoms with Crippen molar-refractivity contribution in [2.45, 2.75) is 19.9 Å². The van der Waals surface area contributed by atoms with E-state index in [9.17, 15) is 4.79 Å². The minimum Gasteiger partial charge on any atom is -0.296 e. The average Bonchev–Trinajstić information content (AvgIpc) is 2.52. The topological polar surface area (TPSA) is 20.3 Å². The molecule has 0 saturated heterocycles. The molecule has 2 rings (SSSR count). The van der Waals surface area contributed by atoms with Crippen molar-refractivity contribution >= 4 is 34.2 Å². The van der Waals surface area contributed by atoms with Crippen LogP contribution in [0.5, 0.6) is 0 Å². The molecule has 3 heteroatoms. The van der Waals surface area contributed by atoms with E-state index in [1.807, 2.05) is 61.5 Å². The third kappa shape index (κ3) is 4.33. The van der Waals surface area contributed by atoms with Crippen molar-refractivity contribution < 1.29 is 4.79 Å². The van der Waals surface area contributed by atoms with Crippen LogP contribution in [0, 0.1) is 15.4 Å². The molecule has 0 radical (unpaired) electrons. The van der Waals surface area contributed by atoms with E-state index in [2.05, 4.69) is 34.4 Å². The molecule has 21 heavy (non-hydrogen) atoms. The van der Waals surface area contributed by atoms with Gasteiger partial charge in [0.15, 0.2) is 0 Å². The SMILES string of the molecule is CCC#CC(=O)N(Cc1ccccc1)c1ccccc1I. The summed E-state index contributed by atoms with van der Waals surface area (Å²) in [4.78, 5) is 14.1. The van der Waals surface area contributed by atoms with Crippen LogP contribution in [0.2, 0.25) is 0 Å². The monoisotopic (exact) mass is 389 g/mol. The van der Waals surface area contributed by atoms with E-state index in [-0.39, 0.29) is 5.91 Å². The minimum atomic E-state index is -0.162. The Labute approximate surface area is 139 Å². The van der Waals surface area contributed by atoms with Crippen LogP contribution in [0.1, 0.15) is 18.9 Å². The third-order valence-corrected chi connectivity index (χ3v) is 3.86. The lowest BCUT2D eigenvalue weighted by Gasteiger charge is -2.21. The average molecular weight is 389 g/mol. The molecule has 0 spiro atoms. The van der Waals surface area contributed by atoms with Crippen LogP contribution in [-0.4, -0.2) is 5.91 Å². The number of para-hydroxylation sites is 1. The summed E-state index contributed by atoms with van der Waals surface area (Å²) in [5.74, 6) is 5.41. The molecule has 0 saturated carbocycles. The summed E-state index contributed by atoms with van der Waals surface area (Å²) in [5, 5.41) is 0. The molecule has 2 nitrogen and oxygen atoms in total. The van der Waals surface area contributed by atoms with Crippen molar-refractivity contribution in [3.8, 4) is 11.8 Å². The fourth-order valence-electron chi connectivity index (χ4n) is 1.93. The predicted octanol–water partition coefficient (Wildman–Crippen LogP) is 4.24. The summed E-state index contributed by atoms with van der Waals surface area (Å²) in [6, 6.07) is 17.8. The highest BCUT2D eigenvalue weighted by atomic mass is 127. The molecule has 2 aromatic rings. The highest BCUT2D eigenvalue weighted by Crippen LogP contribution is 2.24. The zero-order chi connectivity index (χ0) is 15.1. The van der Waals surface area contributed by atoms with Crippen molar-refractivity contribution in [2.75, 3.05) is 4.90 Å². The Hall–Kier alpha value is -1.80. The first-order chi connectivity index (χ1) is 10.2. The molecular weight excluding hydrogens is 373 g/mol. The number of nitrogens with zero attached hydrogens (tertiary/aromatic N) is 1. The number of amides is 1. The van der Waals surface area contributed by atoms with Gasteiger partial charge in [0.1, 0.15) is 0 Å². The molecule has 0 fully saturated rings.